The number of rotatable bonds is 6. The van der Waals surface area contributed by atoms with Crippen molar-refractivity contribution in [2.75, 3.05) is 13.2 Å². The summed E-state index contributed by atoms with van der Waals surface area (Å²) in [6, 6.07) is 13.4. The summed E-state index contributed by atoms with van der Waals surface area (Å²) in [6.07, 6.45) is 1.57. The average Bonchev–Trinajstić information content (AvgIpc) is 3.08. The summed E-state index contributed by atoms with van der Waals surface area (Å²) in [5, 5.41) is 19.8. The predicted molar refractivity (Wildman–Crippen MR) is 130 cm³/mol. The zero-order valence-electron chi connectivity index (χ0n) is 17.2. The first kappa shape index (κ1) is 24.6. The molecule has 1 aliphatic rings. The number of aliphatic hydroxyl groups excluding tert-OH is 1. The Balaban J connectivity index is 2.07. The van der Waals surface area contributed by atoms with Gasteiger partial charge in [-0.1, -0.05) is 51.4 Å². The van der Waals surface area contributed by atoms with Gasteiger partial charge < -0.3 is 14.6 Å². The van der Waals surface area contributed by atoms with E-state index in [1.165, 1.54) is 6.07 Å². The highest BCUT2D eigenvalue weighted by atomic mass is 79.9. The van der Waals surface area contributed by atoms with E-state index in [1.807, 2.05) is 6.07 Å². The third-order valence-corrected chi connectivity index (χ3v) is 6.07. The molecule has 33 heavy (non-hydrogen) atoms. The number of benzene rings is 2. The molecule has 0 saturated heterocycles. The first-order valence-electron chi connectivity index (χ1n) is 9.53. The second kappa shape index (κ2) is 11.2. The van der Waals surface area contributed by atoms with Gasteiger partial charge in [0.1, 0.15) is 28.2 Å². The molecule has 0 aliphatic carbocycles. The lowest BCUT2D eigenvalue weighted by molar-refractivity contribution is -0.138. The number of nitriles is 1. The van der Waals surface area contributed by atoms with E-state index in [9.17, 15) is 14.7 Å². The number of halogens is 2. The number of aliphatic hydroxyl groups is 1. The van der Waals surface area contributed by atoms with Gasteiger partial charge in [0.05, 0.1) is 22.1 Å². The predicted octanol–water partition coefficient (Wildman–Crippen LogP) is 5.71. The van der Waals surface area contributed by atoms with Crippen LogP contribution in [0.5, 0.6) is 5.75 Å². The van der Waals surface area contributed by atoms with Gasteiger partial charge in [0.25, 0.3) is 5.91 Å². The van der Waals surface area contributed by atoms with Gasteiger partial charge in [-0.25, -0.2) is 9.79 Å². The molecule has 0 aromatic heterocycles. The van der Waals surface area contributed by atoms with E-state index < -0.39 is 11.9 Å². The molecule has 0 bridgehead atoms. The topological polar surface area (TPSA) is 109 Å². The van der Waals surface area contributed by atoms with E-state index >= 15 is 0 Å². The van der Waals surface area contributed by atoms with Crippen molar-refractivity contribution >= 4 is 62.3 Å². The molecule has 1 N–H and O–H groups in total. The summed E-state index contributed by atoms with van der Waals surface area (Å²) in [7, 11) is 0. The number of nitrogens with zero attached hydrogens (tertiary/aromatic N) is 2. The maximum atomic E-state index is 12.7. The number of thioether (sulfide) groups is 1. The molecule has 1 aliphatic heterocycles. The van der Waals surface area contributed by atoms with E-state index in [4.69, 9.17) is 26.3 Å². The van der Waals surface area contributed by atoms with Crippen molar-refractivity contribution in [1.82, 2.24) is 0 Å². The molecule has 10 heteroatoms. The Kier molecular flexibility index (Phi) is 8.33. The third kappa shape index (κ3) is 5.85. The van der Waals surface area contributed by atoms with Gasteiger partial charge in [-0.15, -0.1) is 0 Å². The molecule has 0 unspecified atom stereocenters. The minimum Gasteiger partial charge on any atom is -0.506 e. The van der Waals surface area contributed by atoms with Gasteiger partial charge in [-0.3, -0.25) is 4.79 Å². The first-order valence-corrected chi connectivity index (χ1v) is 11.5. The smallest absolute Gasteiger partial charge is 0.344 e. The molecule has 0 spiro atoms. The molecule has 0 fully saturated rings. The van der Waals surface area contributed by atoms with Gasteiger partial charge in [-0.05, 0) is 43.3 Å². The maximum Gasteiger partial charge on any atom is 0.344 e. The number of esters is 1. The van der Waals surface area contributed by atoms with Crippen LogP contribution in [0.15, 0.2) is 68.2 Å². The minimum atomic E-state index is -0.813. The molecule has 1 heterocycles. The molecule has 0 saturated carbocycles. The molecule has 1 amide bonds. The van der Waals surface area contributed by atoms with Crippen molar-refractivity contribution in [2.24, 2.45) is 4.99 Å². The Bertz CT molecular complexity index is 1250. The summed E-state index contributed by atoms with van der Waals surface area (Å²) in [5.74, 6) is -1.46. The summed E-state index contributed by atoms with van der Waals surface area (Å²) < 4.78 is 11.2. The Morgan fingerprint density at radius 3 is 2.76 bits per heavy atom. The van der Waals surface area contributed by atoms with E-state index in [1.54, 1.807) is 49.4 Å². The van der Waals surface area contributed by atoms with Crippen LogP contribution in [0.4, 0.5) is 0 Å². The number of hydrogen-bond acceptors (Lipinski definition) is 7. The molecule has 2 aromatic rings. The number of ether oxygens (including phenoxy) is 2. The highest BCUT2D eigenvalue weighted by molar-refractivity contribution is 9.10. The number of aliphatic imine (C=N–C) groups is 1. The van der Waals surface area contributed by atoms with Crippen LogP contribution in [0.1, 0.15) is 22.8 Å². The molecule has 7 nitrogen and oxygen atoms in total. The van der Waals surface area contributed by atoms with Crippen LogP contribution < -0.4 is 4.74 Å². The molecule has 0 atom stereocenters. The lowest BCUT2D eigenvalue weighted by Crippen LogP contribution is -2.14. The lowest BCUT2D eigenvalue weighted by Gasteiger charge is -2.07. The highest BCUT2D eigenvalue weighted by Crippen LogP contribution is 2.40. The summed E-state index contributed by atoms with van der Waals surface area (Å²) in [4.78, 5) is 29.6. The first-order chi connectivity index (χ1) is 15.8. The summed E-state index contributed by atoms with van der Waals surface area (Å²) >= 11 is 10.4. The SMILES string of the molecule is CCOC(=O)C1=C(O)/C(=C/c2cc(Br)ccc2OCC#N)SC1=NC(=O)c1ccccc1Cl. The molecular formula is C23H16BrClN2O5S. The third-order valence-electron chi connectivity index (χ3n) is 4.23. The molecule has 0 radical (unpaired) electrons. The Labute approximate surface area is 207 Å². The molecule has 2 aromatic carbocycles. The Morgan fingerprint density at radius 1 is 1.30 bits per heavy atom. The van der Waals surface area contributed by atoms with Crippen LogP contribution >= 0.6 is 39.3 Å². The normalized spacial score (nSPS) is 15.6. The van der Waals surface area contributed by atoms with Crippen LogP contribution in [0, 0.1) is 11.3 Å². The largest absolute Gasteiger partial charge is 0.506 e. The minimum absolute atomic E-state index is 0.0170. The zero-order valence-corrected chi connectivity index (χ0v) is 20.3. The average molecular weight is 548 g/mol. The van der Waals surface area contributed by atoms with Crippen LogP contribution in [-0.2, 0) is 9.53 Å². The highest BCUT2D eigenvalue weighted by Gasteiger charge is 2.34. The summed E-state index contributed by atoms with van der Waals surface area (Å²) in [6.45, 7) is 1.53. The fourth-order valence-corrected chi connectivity index (χ4v) is 4.39. The number of carbonyl (C=O) groups is 2. The molecular weight excluding hydrogens is 532 g/mol. The van der Waals surface area contributed by atoms with E-state index in [0.29, 0.717) is 11.3 Å². The van der Waals surface area contributed by atoms with Gasteiger partial charge in [-0.2, -0.15) is 5.26 Å². The van der Waals surface area contributed by atoms with Crippen LogP contribution in [0.3, 0.4) is 0 Å². The van der Waals surface area contributed by atoms with Crippen molar-refractivity contribution < 1.29 is 24.2 Å². The van der Waals surface area contributed by atoms with Crippen molar-refractivity contribution in [2.45, 2.75) is 6.92 Å². The van der Waals surface area contributed by atoms with Crippen LogP contribution in [-0.4, -0.2) is 35.2 Å². The van der Waals surface area contributed by atoms with Crippen LogP contribution in [0.25, 0.3) is 6.08 Å². The van der Waals surface area contributed by atoms with Crippen molar-refractivity contribution in [3.63, 3.8) is 0 Å². The number of amides is 1. The molecule has 3 rings (SSSR count). The standard InChI is InChI=1S/C23H16BrClN2O5S/c1-2-31-23(30)19-20(28)18(12-13-11-14(24)7-8-17(13)32-10-9-26)33-22(19)27-21(29)15-5-3-4-6-16(15)25/h3-8,11-12,28H,2,10H2,1H3/b18-12-,27-22?. The fourth-order valence-electron chi connectivity index (χ4n) is 2.79. The fraction of sp³-hybridized carbons (Fsp3) is 0.130. The van der Waals surface area contributed by atoms with E-state index in [0.717, 1.165) is 16.2 Å². The van der Waals surface area contributed by atoms with Gasteiger partial charge in [0, 0.05) is 10.0 Å². The molecule has 168 valence electrons. The lowest BCUT2D eigenvalue weighted by atomic mass is 10.1. The zero-order chi connectivity index (χ0) is 24.0. The van der Waals surface area contributed by atoms with E-state index in [2.05, 4.69) is 20.9 Å². The Morgan fingerprint density at radius 2 is 2.06 bits per heavy atom. The maximum absolute atomic E-state index is 12.7. The van der Waals surface area contributed by atoms with Gasteiger partial charge in [0.15, 0.2) is 6.61 Å². The van der Waals surface area contributed by atoms with Crippen molar-refractivity contribution in [3.8, 4) is 11.8 Å². The summed E-state index contributed by atoms with van der Waals surface area (Å²) in [5.41, 5.74) is 0.477. The van der Waals surface area contributed by atoms with Crippen LogP contribution in [0.2, 0.25) is 5.02 Å². The Hall–Kier alpha value is -3.06. The van der Waals surface area contributed by atoms with Crippen molar-refractivity contribution in [1.29, 1.82) is 5.26 Å². The van der Waals surface area contributed by atoms with Gasteiger partial charge >= 0.3 is 5.97 Å². The second-order valence-corrected chi connectivity index (χ2v) is 8.74. The van der Waals surface area contributed by atoms with E-state index in [-0.39, 0.29) is 45.1 Å². The second-order valence-electron chi connectivity index (χ2n) is 6.39. The monoisotopic (exact) mass is 546 g/mol. The quantitative estimate of drug-likeness (QED) is 0.462. The van der Waals surface area contributed by atoms with Crippen molar-refractivity contribution in [3.05, 3.63) is 79.3 Å². The number of hydrogen-bond donors (Lipinski definition) is 1. The van der Waals surface area contributed by atoms with Gasteiger partial charge in [0.2, 0.25) is 0 Å². The number of carbonyl (C=O) groups excluding carboxylic acids is 2.